The predicted octanol–water partition coefficient (Wildman–Crippen LogP) is 6.69. The highest BCUT2D eigenvalue weighted by Crippen LogP contribution is 2.46. The molecule has 5 atom stereocenters. The van der Waals surface area contributed by atoms with E-state index in [2.05, 4.69) is 34.9 Å². The third-order valence-corrected chi connectivity index (χ3v) is 11.9. The van der Waals surface area contributed by atoms with E-state index < -0.39 is 11.8 Å². The third kappa shape index (κ3) is 6.03. The Labute approximate surface area is 314 Å². The molecule has 2 bridgehead atoms. The number of rotatable bonds is 8. The number of hydrogen-bond acceptors (Lipinski definition) is 11. The SMILES string of the molecule is CCc1cccc2cc(OCOC)cc(-c3cc4nc(OC[C@]56CCCN5C[C@H](F)C6)nc5c4c(n3)OC[C@H]3[C@@H]4CC[C@H](CN53)N4C(=O)OC(C)(C)C)c12. The highest BCUT2D eigenvalue weighted by atomic mass is 19.1. The summed E-state index contributed by atoms with van der Waals surface area (Å²) in [7, 11) is 1.60. The summed E-state index contributed by atoms with van der Waals surface area (Å²) in [6.07, 6.45) is 3.69. The molecule has 0 N–H and O–H groups in total. The standard InChI is InChI=1S/C41H49FN6O6/c1-6-24-9-7-10-25-15-28(53-23-50-5)16-29(34(24)25)30-17-31-35-36(45-38(44-31)52-22-41-13-8-14-46(41)19-26(42)18-41)47-20-27-11-12-32(33(47)21-51-37(35)43-30)48(27)39(49)54-40(2,3)4/h7,9-10,15-17,26-27,32-33H,6,8,11-14,18-23H2,1-5H3/t26-,27-,32+,33+,41-/m1/s1. The smallest absolute Gasteiger partial charge is 0.410 e. The van der Waals surface area contributed by atoms with Gasteiger partial charge in [0.25, 0.3) is 0 Å². The summed E-state index contributed by atoms with van der Waals surface area (Å²) in [5.74, 6) is 1.77. The van der Waals surface area contributed by atoms with Crippen molar-refractivity contribution >= 4 is 33.6 Å². The van der Waals surface area contributed by atoms with Crippen molar-refractivity contribution in [1.29, 1.82) is 0 Å². The lowest BCUT2D eigenvalue weighted by molar-refractivity contribution is 0.00537. The number of aryl methyl sites for hydroxylation is 1. The second kappa shape index (κ2) is 13.4. The van der Waals surface area contributed by atoms with Crippen molar-refractivity contribution in [2.75, 3.05) is 51.7 Å². The monoisotopic (exact) mass is 740 g/mol. The lowest BCUT2D eigenvalue weighted by atomic mass is 9.95. The first-order valence-electron chi connectivity index (χ1n) is 19.4. The van der Waals surface area contributed by atoms with Crippen LogP contribution in [0.15, 0.2) is 36.4 Å². The molecule has 286 valence electrons. The van der Waals surface area contributed by atoms with Gasteiger partial charge in [0, 0.05) is 32.2 Å². The van der Waals surface area contributed by atoms with Crippen LogP contribution in [0.25, 0.3) is 32.9 Å². The number of piperazine rings is 1. The Bertz CT molecular complexity index is 2110. The van der Waals surface area contributed by atoms with E-state index >= 15 is 0 Å². The van der Waals surface area contributed by atoms with Gasteiger partial charge in [0.05, 0.1) is 34.9 Å². The first kappa shape index (κ1) is 35.2. The molecule has 4 aromatic rings. The number of carbonyl (C=O) groups excluding carboxylic acids is 1. The Hall–Kier alpha value is -4.49. The first-order valence-corrected chi connectivity index (χ1v) is 19.4. The van der Waals surface area contributed by atoms with Gasteiger partial charge in [-0.25, -0.2) is 14.2 Å². The Kier molecular flexibility index (Phi) is 8.72. The van der Waals surface area contributed by atoms with Crippen molar-refractivity contribution < 1.29 is 32.9 Å². The van der Waals surface area contributed by atoms with Gasteiger partial charge >= 0.3 is 12.1 Å². The molecule has 13 heteroatoms. The van der Waals surface area contributed by atoms with Crippen LogP contribution in [0, 0.1) is 0 Å². The Morgan fingerprint density at radius 3 is 2.74 bits per heavy atom. The van der Waals surface area contributed by atoms with Crippen LogP contribution < -0.4 is 19.1 Å². The van der Waals surface area contributed by atoms with Gasteiger partial charge in [-0.3, -0.25) is 9.80 Å². The zero-order valence-corrected chi connectivity index (χ0v) is 31.8. The van der Waals surface area contributed by atoms with Gasteiger partial charge in [-0.15, -0.1) is 0 Å². The molecule has 0 radical (unpaired) electrons. The van der Waals surface area contributed by atoms with Crippen LogP contribution in [-0.4, -0.2) is 113 Å². The molecular formula is C41H49FN6O6. The van der Waals surface area contributed by atoms with Gasteiger partial charge in [0.2, 0.25) is 5.88 Å². The second-order valence-electron chi connectivity index (χ2n) is 16.5. The summed E-state index contributed by atoms with van der Waals surface area (Å²) in [5, 5.41) is 2.81. The van der Waals surface area contributed by atoms with Gasteiger partial charge in [-0.2, -0.15) is 9.97 Å². The van der Waals surface area contributed by atoms with Gasteiger partial charge in [0.1, 0.15) is 41.9 Å². The third-order valence-electron chi connectivity index (χ3n) is 11.9. The number of aromatic nitrogens is 3. The number of amides is 1. The van der Waals surface area contributed by atoms with Crippen molar-refractivity contribution in [1.82, 2.24) is 24.8 Å². The molecule has 0 saturated carbocycles. The number of nitrogens with zero attached hydrogens (tertiary/aromatic N) is 6. The number of fused-ring (bicyclic) bond motifs is 7. The summed E-state index contributed by atoms with van der Waals surface area (Å²) in [6, 6.07) is 12.1. The van der Waals surface area contributed by atoms with E-state index in [1.807, 2.05) is 43.9 Å². The minimum absolute atomic E-state index is 0.0520. The fraction of sp³-hybridized carbons (Fsp3) is 0.561. The average molecular weight is 741 g/mol. The van der Waals surface area contributed by atoms with Crippen molar-refractivity contribution in [3.8, 4) is 28.9 Å². The van der Waals surface area contributed by atoms with Crippen molar-refractivity contribution in [2.24, 2.45) is 0 Å². The van der Waals surface area contributed by atoms with E-state index in [1.54, 1.807) is 7.11 Å². The maximum atomic E-state index is 14.7. The fourth-order valence-electron chi connectivity index (χ4n) is 9.68. The molecule has 5 aliphatic heterocycles. The molecule has 0 aliphatic carbocycles. The van der Waals surface area contributed by atoms with Crippen molar-refractivity contribution in [3.63, 3.8) is 0 Å². The van der Waals surface area contributed by atoms with E-state index in [-0.39, 0.29) is 42.6 Å². The first-order chi connectivity index (χ1) is 26.0. The number of pyridine rings is 1. The normalized spacial score (nSPS) is 26.1. The highest BCUT2D eigenvalue weighted by Gasteiger charge is 2.52. The van der Waals surface area contributed by atoms with Gasteiger partial charge in [-0.05, 0) is 94.0 Å². The predicted molar refractivity (Wildman–Crippen MR) is 202 cm³/mol. The molecule has 1 amide bonds. The molecule has 54 heavy (non-hydrogen) atoms. The summed E-state index contributed by atoms with van der Waals surface area (Å²) in [4.78, 5) is 35.4. The average Bonchev–Trinajstić information content (AvgIpc) is 3.75. The maximum Gasteiger partial charge on any atom is 0.410 e. The van der Waals surface area contributed by atoms with Crippen LogP contribution in [0.3, 0.4) is 0 Å². The van der Waals surface area contributed by atoms with E-state index in [9.17, 15) is 9.18 Å². The Balaban J connectivity index is 1.17. The van der Waals surface area contributed by atoms with Crippen LogP contribution in [0.4, 0.5) is 15.0 Å². The number of alkyl halides is 1. The zero-order valence-electron chi connectivity index (χ0n) is 31.8. The number of methoxy groups -OCH3 is 1. The highest BCUT2D eigenvalue weighted by molar-refractivity contribution is 6.03. The fourth-order valence-corrected chi connectivity index (χ4v) is 9.68. The lowest BCUT2D eigenvalue weighted by Crippen LogP contribution is -2.63. The lowest BCUT2D eigenvalue weighted by Gasteiger charge is -2.46. The molecule has 9 rings (SSSR count). The zero-order chi connectivity index (χ0) is 37.4. The summed E-state index contributed by atoms with van der Waals surface area (Å²) in [6.45, 7) is 10.4. The molecule has 4 saturated heterocycles. The molecule has 0 unspecified atom stereocenters. The molecule has 0 spiro atoms. The van der Waals surface area contributed by atoms with Crippen LogP contribution >= 0.6 is 0 Å². The summed E-state index contributed by atoms with van der Waals surface area (Å²) < 4.78 is 45.1. The van der Waals surface area contributed by atoms with Crippen molar-refractivity contribution in [3.05, 3.63) is 42.0 Å². The van der Waals surface area contributed by atoms with Gasteiger partial charge < -0.3 is 28.6 Å². The molecule has 12 nitrogen and oxygen atoms in total. The van der Waals surface area contributed by atoms with E-state index in [1.165, 1.54) is 5.56 Å². The van der Waals surface area contributed by atoms with Crippen LogP contribution in [0.5, 0.6) is 17.6 Å². The number of carbonyl (C=O) groups is 1. The molecule has 5 aliphatic rings. The van der Waals surface area contributed by atoms with Crippen LogP contribution in [0.2, 0.25) is 0 Å². The number of anilines is 1. The maximum absolute atomic E-state index is 14.7. The summed E-state index contributed by atoms with van der Waals surface area (Å²) in [5.41, 5.74) is 2.41. The molecule has 4 fully saturated rings. The van der Waals surface area contributed by atoms with Crippen molar-refractivity contribution in [2.45, 2.75) is 102 Å². The quantitative estimate of drug-likeness (QED) is 0.180. The number of benzene rings is 2. The topological polar surface area (TPSA) is 112 Å². The van der Waals surface area contributed by atoms with Gasteiger partial charge in [-0.1, -0.05) is 25.1 Å². The van der Waals surface area contributed by atoms with Gasteiger partial charge in [0.15, 0.2) is 6.79 Å². The molecule has 7 heterocycles. The van der Waals surface area contributed by atoms with Crippen LogP contribution in [-0.2, 0) is 15.9 Å². The largest absolute Gasteiger partial charge is 0.475 e. The van der Waals surface area contributed by atoms with Crippen LogP contribution in [0.1, 0.15) is 65.4 Å². The summed E-state index contributed by atoms with van der Waals surface area (Å²) >= 11 is 0. The van der Waals surface area contributed by atoms with E-state index in [0.29, 0.717) is 66.8 Å². The number of halogens is 1. The Morgan fingerprint density at radius 2 is 1.93 bits per heavy atom. The minimum Gasteiger partial charge on any atom is -0.475 e. The van der Waals surface area contributed by atoms with E-state index in [0.717, 1.165) is 55.0 Å². The second-order valence-corrected chi connectivity index (χ2v) is 16.5. The Morgan fingerprint density at radius 1 is 1.06 bits per heavy atom. The molecule has 2 aromatic heterocycles. The molecule has 2 aromatic carbocycles. The number of ether oxygens (including phenoxy) is 5. The minimum atomic E-state index is -0.867. The van der Waals surface area contributed by atoms with E-state index in [4.69, 9.17) is 38.6 Å². The number of hydrogen-bond donors (Lipinski definition) is 0. The molecular weight excluding hydrogens is 691 g/mol.